The fraction of sp³-hybridized carbons (Fsp3) is 0.467. The zero-order valence-electron chi connectivity index (χ0n) is 12.0. The highest BCUT2D eigenvalue weighted by Crippen LogP contribution is 2.18. The van der Waals surface area contributed by atoms with Gasteiger partial charge in [-0.1, -0.05) is 18.2 Å². The molecule has 5 nitrogen and oxygen atoms in total. The van der Waals surface area contributed by atoms with Gasteiger partial charge in [0.15, 0.2) is 0 Å². The molecule has 0 bridgehead atoms. The number of rotatable bonds is 4. The van der Waals surface area contributed by atoms with Crippen molar-refractivity contribution in [1.82, 2.24) is 10.2 Å². The Hall–Kier alpha value is -2.11. The van der Waals surface area contributed by atoms with Crippen LogP contribution in [0.5, 0.6) is 0 Å². The van der Waals surface area contributed by atoms with Crippen molar-refractivity contribution in [3.8, 4) is 0 Å². The summed E-state index contributed by atoms with van der Waals surface area (Å²) in [5.41, 5.74) is 0.564. The monoisotopic (exact) mass is 294 g/mol. The summed E-state index contributed by atoms with van der Waals surface area (Å²) in [6.07, 6.45) is 1.34. The van der Waals surface area contributed by atoms with Crippen molar-refractivity contribution in [2.45, 2.75) is 25.3 Å². The fourth-order valence-electron chi connectivity index (χ4n) is 2.51. The third kappa shape index (κ3) is 3.71. The predicted molar refractivity (Wildman–Crippen MR) is 75.2 cm³/mol. The Kier molecular flexibility index (Phi) is 5.14. The van der Waals surface area contributed by atoms with E-state index in [2.05, 4.69) is 10.1 Å². The van der Waals surface area contributed by atoms with Crippen LogP contribution in [0.2, 0.25) is 0 Å². The lowest BCUT2D eigenvalue weighted by Crippen LogP contribution is -2.46. The van der Waals surface area contributed by atoms with Crippen LogP contribution in [0.4, 0.5) is 9.18 Å². The molecule has 2 rings (SSSR count). The van der Waals surface area contributed by atoms with Gasteiger partial charge in [0, 0.05) is 13.1 Å². The van der Waals surface area contributed by atoms with Crippen molar-refractivity contribution >= 4 is 12.0 Å². The van der Waals surface area contributed by atoms with Crippen molar-refractivity contribution in [2.24, 2.45) is 0 Å². The van der Waals surface area contributed by atoms with E-state index < -0.39 is 12.1 Å². The summed E-state index contributed by atoms with van der Waals surface area (Å²) >= 11 is 0. The maximum atomic E-state index is 13.4. The van der Waals surface area contributed by atoms with Crippen LogP contribution >= 0.6 is 0 Å². The van der Waals surface area contributed by atoms with E-state index in [1.54, 1.807) is 18.2 Å². The molecule has 0 aliphatic carbocycles. The molecule has 0 aromatic heterocycles. The molecule has 1 aromatic rings. The number of methoxy groups -OCH3 is 1. The third-order valence-electron chi connectivity index (χ3n) is 3.62. The fourth-order valence-corrected chi connectivity index (χ4v) is 2.51. The number of nitrogens with one attached hydrogen (secondary N) is 1. The number of halogens is 1. The first-order valence-electron chi connectivity index (χ1n) is 6.99. The summed E-state index contributed by atoms with van der Waals surface area (Å²) in [7, 11) is 1.30. The minimum Gasteiger partial charge on any atom is -0.453 e. The van der Waals surface area contributed by atoms with Gasteiger partial charge in [-0.3, -0.25) is 9.69 Å². The minimum absolute atomic E-state index is 0.214. The molecule has 114 valence electrons. The zero-order valence-corrected chi connectivity index (χ0v) is 12.0. The maximum Gasteiger partial charge on any atom is 0.410 e. The maximum absolute atomic E-state index is 13.4. The minimum atomic E-state index is -0.488. The average molecular weight is 294 g/mol. The van der Waals surface area contributed by atoms with Gasteiger partial charge < -0.3 is 10.1 Å². The lowest BCUT2D eigenvalue weighted by atomic mass is 10.1. The number of benzene rings is 1. The normalized spacial score (nSPS) is 17.6. The number of nitrogens with zero attached hydrogens (tertiary/aromatic N) is 1. The van der Waals surface area contributed by atoms with Crippen LogP contribution < -0.4 is 5.32 Å². The van der Waals surface area contributed by atoms with E-state index in [0.29, 0.717) is 31.5 Å². The quantitative estimate of drug-likeness (QED) is 0.920. The summed E-state index contributed by atoms with van der Waals surface area (Å²) < 4.78 is 18.1. The van der Waals surface area contributed by atoms with Gasteiger partial charge in [-0.15, -0.1) is 0 Å². The van der Waals surface area contributed by atoms with E-state index in [4.69, 9.17) is 0 Å². The number of hydrogen-bond donors (Lipinski definition) is 1. The van der Waals surface area contributed by atoms with E-state index in [-0.39, 0.29) is 11.7 Å². The number of likely N-dealkylation sites (tertiary alicyclic amines) is 1. The topological polar surface area (TPSA) is 58.6 Å². The molecule has 1 aliphatic rings. The molecule has 1 unspecified atom stereocenters. The molecule has 1 atom stereocenters. The number of hydrogen-bond acceptors (Lipinski definition) is 3. The summed E-state index contributed by atoms with van der Waals surface area (Å²) in [5.74, 6) is -0.488. The number of carbonyl (C=O) groups is 2. The van der Waals surface area contributed by atoms with Crippen molar-refractivity contribution in [3.63, 3.8) is 0 Å². The van der Waals surface area contributed by atoms with Crippen LogP contribution in [-0.4, -0.2) is 43.1 Å². The highest BCUT2D eigenvalue weighted by Gasteiger charge is 2.34. The highest BCUT2D eigenvalue weighted by molar-refractivity contribution is 5.86. The summed E-state index contributed by atoms with van der Waals surface area (Å²) in [5, 5.41) is 2.75. The number of carbonyl (C=O) groups excluding carboxylic acids is 2. The predicted octanol–water partition coefficient (Wildman–Crippen LogP) is 1.72. The second-order valence-electron chi connectivity index (χ2n) is 4.95. The third-order valence-corrected chi connectivity index (χ3v) is 3.62. The van der Waals surface area contributed by atoms with Crippen LogP contribution in [0.15, 0.2) is 24.3 Å². The van der Waals surface area contributed by atoms with Gasteiger partial charge in [0.05, 0.1) is 7.11 Å². The standard InChI is InChI=1S/C15H19FN2O3/c1-21-15(20)18-10-4-7-13(18)14(19)17-9-8-11-5-2-3-6-12(11)16/h2-3,5-6,13H,4,7-10H2,1H3,(H,17,19). The van der Waals surface area contributed by atoms with E-state index in [9.17, 15) is 14.0 Å². The van der Waals surface area contributed by atoms with Crippen molar-refractivity contribution in [2.75, 3.05) is 20.2 Å². The molecule has 1 aromatic carbocycles. The van der Waals surface area contributed by atoms with Crippen LogP contribution in [0.3, 0.4) is 0 Å². The second-order valence-corrected chi connectivity index (χ2v) is 4.95. The molecule has 6 heteroatoms. The van der Waals surface area contributed by atoms with Crippen LogP contribution in [0.1, 0.15) is 18.4 Å². The van der Waals surface area contributed by atoms with Crippen molar-refractivity contribution in [3.05, 3.63) is 35.6 Å². The van der Waals surface area contributed by atoms with Gasteiger partial charge in [-0.05, 0) is 30.9 Å². The number of amides is 2. The Bertz CT molecular complexity index is 521. The molecule has 1 saturated heterocycles. The first-order valence-corrected chi connectivity index (χ1v) is 6.99. The molecule has 0 saturated carbocycles. The van der Waals surface area contributed by atoms with Crippen molar-refractivity contribution in [1.29, 1.82) is 0 Å². The van der Waals surface area contributed by atoms with Crippen LogP contribution in [0.25, 0.3) is 0 Å². The zero-order chi connectivity index (χ0) is 15.2. The Balaban J connectivity index is 1.84. The summed E-state index contributed by atoms with van der Waals surface area (Å²) in [6, 6.07) is 5.99. The van der Waals surface area contributed by atoms with E-state index in [0.717, 1.165) is 6.42 Å². The highest BCUT2D eigenvalue weighted by atomic mass is 19.1. The largest absolute Gasteiger partial charge is 0.453 e. The Morgan fingerprint density at radius 1 is 1.43 bits per heavy atom. The molecule has 1 heterocycles. The van der Waals surface area contributed by atoms with Crippen molar-refractivity contribution < 1.29 is 18.7 Å². The molecule has 1 fully saturated rings. The van der Waals surface area contributed by atoms with Gasteiger partial charge >= 0.3 is 6.09 Å². The summed E-state index contributed by atoms with van der Waals surface area (Å²) in [6.45, 7) is 0.864. The van der Waals surface area contributed by atoms with Gasteiger partial charge in [0.25, 0.3) is 0 Å². The van der Waals surface area contributed by atoms with Gasteiger partial charge in [0.1, 0.15) is 11.9 Å². The lowest BCUT2D eigenvalue weighted by Gasteiger charge is -2.22. The Labute approximate surface area is 123 Å². The van der Waals surface area contributed by atoms with E-state index in [1.807, 2.05) is 0 Å². The number of ether oxygens (including phenoxy) is 1. The van der Waals surface area contributed by atoms with Gasteiger partial charge in [-0.2, -0.15) is 0 Å². The Morgan fingerprint density at radius 3 is 2.90 bits per heavy atom. The first kappa shape index (κ1) is 15.3. The molecule has 0 spiro atoms. The SMILES string of the molecule is COC(=O)N1CCCC1C(=O)NCCc1ccccc1F. The van der Waals surface area contributed by atoms with E-state index in [1.165, 1.54) is 18.1 Å². The molecule has 21 heavy (non-hydrogen) atoms. The molecule has 2 amide bonds. The second kappa shape index (κ2) is 7.06. The van der Waals surface area contributed by atoms with Gasteiger partial charge in [0.2, 0.25) is 5.91 Å². The smallest absolute Gasteiger partial charge is 0.410 e. The summed E-state index contributed by atoms with van der Waals surface area (Å²) in [4.78, 5) is 25.1. The molecule has 1 aliphatic heterocycles. The van der Waals surface area contributed by atoms with E-state index >= 15 is 0 Å². The molecule has 0 radical (unpaired) electrons. The molecular formula is C15H19FN2O3. The average Bonchev–Trinajstić information content (AvgIpc) is 2.98. The molecular weight excluding hydrogens is 275 g/mol. The van der Waals surface area contributed by atoms with Crippen LogP contribution in [-0.2, 0) is 16.0 Å². The van der Waals surface area contributed by atoms with Gasteiger partial charge in [-0.25, -0.2) is 9.18 Å². The lowest BCUT2D eigenvalue weighted by molar-refractivity contribution is -0.125. The molecule has 1 N–H and O–H groups in total. The van der Waals surface area contributed by atoms with Crippen LogP contribution in [0, 0.1) is 5.82 Å². The first-order chi connectivity index (χ1) is 10.1. The Morgan fingerprint density at radius 2 is 2.19 bits per heavy atom.